The number of carboxylic acid groups (broad SMARTS) is 1. The number of hydrogen-bond acceptors (Lipinski definition) is 4. The Balaban J connectivity index is 1.76. The molecule has 0 spiro atoms. The number of carbonyl (C=O) groups excluding carboxylic acids is 1. The molecule has 0 aliphatic heterocycles. The van der Waals surface area contributed by atoms with Crippen LogP contribution in [0.15, 0.2) is 30.7 Å². The van der Waals surface area contributed by atoms with E-state index in [0.717, 1.165) is 5.56 Å². The lowest BCUT2D eigenvalue weighted by Gasteiger charge is -2.06. The largest absolute Gasteiger partial charge is 0.477 e. The van der Waals surface area contributed by atoms with E-state index >= 15 is 0 Å². The minimum atomic E-state index is -1.08. The summed E-state index contributed by atoms with van der Waals surface area (Å²) in [7, 11) is 0. The van der Waals surface area contributed by atoms with Crippen molar-refractivity contribution in [2.45, 2.75) is 13.1 Å². The van der Waals surface area contributed by atoms with Crippen molar-refractivity contribution in [2.24, 2.45) is 0 Å². The van der Waals surface area contributed by atoms with E-state index < -0.39 is 5.97 Å². The van der Waals surface area contributed by atoms with E-state index in [1.54, 1.807) is 18.5 Å². The zero-order valence-corrected chi connectivity index (χ0v) is 10.5. The fraction of sp³-hybridized carbons (Fsp3) is 0.167. The minimum Gasteiger partial charge on any atom is -0.477 e. The van der Waals surface area contributed by atoms with Gasteiger partial charge in [-0.15, -0.1) is 0 Å². The lowest BCUT2D eigenvalue weighted by Crippen LogP contribution is -2.34. The van der Waals surface area contributed by atoms with Crippen molar-refractivity contribution in [3.8, 4) is 0 Å². The molecule has 0 saturated heterocycles. The third-order valence-corrected chi connectivity index (χ3v) is 2.50. The maximum atomic E-state index is 11.5. The van der Waals surface area contributed by atoms with Crippen molar-refractivity contribution in [2.75, 3.05) is 0 Å². The number of nitrogens with one attached hydrogen (secondary N) is 3. The molecular weight excluding hydrogens is 262 g/mol. The molecule has 0 radical (unpaired) electrons. The van der Waals surface area contributed by atoms with Gasteiger partial charge in [0, 0.05) is 31.0 Å². The topological polar surface area (TPSA) is 120 Å². The Morgan fingerprint density at radius 1 is 1.15 bits per heavy atom. The maximum Gasteiger partial charge on any atom is 0.354 e. The molecule has 0 bridgehead atoms. The molecule has 20 heavy (non-hydrogen) atoms. The van der Waals surface area contributed by atoms with E-state index in [4.69, 9.17) is 5.11 Å². The number of aromatic nitrogens is 3. The number of H-pyrrole nitrogens is 1. The SMILES string of the molecule is O=C(NCc1ccc(C(=O)O)nc1)NCc1cn[nH]c1. The van der Waals surface area contributed by atoms with Crippen molar-refractivity contribution in [1.29, 1.82) is 0 Å². The molecule has 0 unspecified atom stereocenters. The number of aromatic amines is 1. The van der Waals surface area contributed by atoms with Gasteiger partial charge in [-0.05, 0) is 11.6 Å². The lowest BCUT2D eigenvalue weighted by atomic mass is 10.2. The molecule has 2 aromatic rings. The summed E-state index contributed by atoms with van der Waals surface area (Å²) in [5.41, 5.74) is 1.55. The van der Waals surface area contributed by atoms with Crippen LogP contribution in [0.1, 0.15) is 21.6 Å². The van der Waals surface area contributed by atoms with E-state index in [0.29, 0.717) is 12.1 Å². The van der Waals surface area contributed by atoms with E-state index in [1.165, 1.54) is 12.3 Å². The van der Waals surface area contributed by atoms with Crippen LogP contribution in [-0.2, 0) is 13.1 Å². The lowest BCUT2D eigenvalue weighted by molar-refractivity contribution is 0.0690. The summed E-state index contributed by atoms with van der Waals surface area (Å²) in [5, 5.41) is 20.4. The third-order valence-electron chi connectivity index (χ3n) is 2.50. The van der Waals surface area contributed by atoms with Gasteiger partial charge in [0.1, 0.15) is 5.69 Å². The highest BCUT2D eigenvalue weighted by atomic mass is 16.4. The Morgan fingerprint density at radius 2 is 1.90 bits per heavy atom. The van der Waals surface area contributed by atoms with Crippen LogP contribution in [0.25, 0.3) is 0 Å². The first-order chi connectivity index (χ1) is 9.65. The van der Waals surface area contributed by atoms with Crippen LogP contribution in [0.3, 0.4) is 0 Å². The average Bonchev–Trinajstić information content (AvgIpc) is 2.96. The number of aromatic carboxylic acids is 1. The van der Waals surface area contributed by atoms with Gasteiger partial charge in [-0.1, -0.05) is 6.07 Å². The monoisotopic (exact) mass is 275 g/mol. The van der Waals surface area contributed by atoms with Gasteiger partial charge in [0.2, 0.25) is 0 Å². The number of carboxylic acids is 1. The first-order valence-electron chi connectivity index (χ1n) is 5.83. The maximum absolute atomic E-state index is 11.5. The van der Waals surface area contributed by atoms with E-state index in [1.807, 2.05) is 0 Å². The summed E-state index contributed by atoms with van der Waals surface area (Å²) >= 11 is 0. The second-order valence-corrected chi connectivity index (χ2v) is 4.00. The molecule has 0 aliphatic rings. The molecule has 0 fully saturated rings. The Bertz CT molecular complexity index is 580. The van der Waals surface area contributed by atoms with Crippen molar-refractivity contribution in [1.82, 2.24) is 25.8 Å². The zero-order chi connectivity index (χ0) is 14.4. The Hall–Kier alpha value is -2.90. The molecule has 2 amide bonds. The highest BCUT2D eigenvalue weighted by Gasteiger charge is 2.05. The fourth-order valence-electron chi connectivity index (χ4n) is 1.46. The smallest absolute Gasteiger partial charge is 0.354 e. The molecule has 0 aromatic carbocycles. The number of nitrogens with zero attached hydrogens (tertiary/aromatic N) is 2. The minimum absolute atomic E-state index is 0.0295. The summed E-state index contributed by atoms with van der Waals surface area (Å²) in [6.07, 6.45) is 4.73. The molecular formula is C12H13N5O3. The predicted molar refractivity (Wildman–Crippen MR) is 68.9 cm³/mol. The average molecular weight is 275 g/mol. The highest BCUT2D eigenvalue weighted by molar-refractivity contribution is 5.85. The predicted octanol–water partition coefficient (Wildman–Crippen LogP) is 0.502. The molecule has 2 heterocycles. The van der Waals surface area contributed by atoms with Gasteiger partial charge in [-0.3, -0.25) is 5.10 Å². The molecule has 0 saturated carbocycles. The van der Waals surface area contributed by atoms with Crippen LogP contribution in [0.4, 0.5) is 4.79 Å². The molecule has 0 atom stereocenters. The van der Waals surface area contributed by atoms with Gasteiger partial charge in [-0.2, -0.15) is 5.10 Å². The molecule has 8 nitrogen and oxygen atoms in total. The summed E-state index contributed by atoms with van der Waals surface area (Å²) in [6.45, 7) is 0.642. The number of hydrogen-bond donors (Lipinski definition) is 4. The summed E-state index contributed by atoms with van der Waals surface area (Å²) < 4.78 is 0. The molecule has 4 N–H and O–H groups in total. The molecule has 0 aliphatic carbocycles. The van der Waals surface area contributed by atoms with Gasteiger partial charge >= 0.3 is 12.0 Å². The van der Waals surface area contributed by atoms with Crippen LogP contribution >= 0.6 is 0 Å². The second-order valence-electron chi connectivity index (χ2n) is 4.00. The van der Waals surface area contributed by atoms with Crippen LogP contribution in [0.5, 0.6) is 0 Å². The van der Waals surface area contributed by atoms with Crippen LogP contribution < -0.4 is 10.6 Å². The number of rotatable bonds is 5. The summed E-state index contributed by atoms with van der Waals surface area (Å²) in [6, 6.07) is 2.67. The standard InChI is InChI=1S/C12H13N5O3/c18-11(19)10-2-1-8(3-13-10)4-14-12(20)15-5-9-6-16-17-7-9/h1-3,6-7H,4-5H2,(H,16,17)(H,18,19)(H2,14,15,20). The number of pyridine rings is 1. The van der Waals surface area contributed by atoms with Gasteiger partial charge < -0.3 is 15.7 Å². The van der Waals surface area contributed by atoms with Crippen LogP contribution in [0.2, 0.25) is 0 Å². The highest BCUT2D eigenvalue weighted by Crippen LogP contribution is 2.00. The van der Waals surface area contributed by atoms with E-state index in [9.17, 15) is 9.59 Å². The third kappa shape index (κ3) is 3.80. The molecule has 104 valence electrons. The van der Waals surface area contributed by atoms with Crippen molar-refractivity contribution in [3.63, 3.8) is 0 Å². The molecule has 8 heteroatoms. The summed E-state index contributed by atoms with van der Waals surface area (Å²) in [5.74, 6) is -1.08. The van der Waals surface area contributed by atoms with Gasteiger partial charge in [0.15, 0.2) is 0 Å². The van der Waals surface area contributed by atoms with Gasteiger partial charge in [0.05, 0.1) is 6.20 Å². The Kier molecular flexibility index (Phi) is 4.28. The first kappa shape index (κ1) is 13.5. The number of carbonyl (C=O) groups is 2. The van der Waals surface area contributed by atoms with Crippen LogP contribution in [0, 0.1) is 0 Å². The van der Waals surface area contributed by atoms with Gasteiger partial charge in [-0.25, -0.2) is 14.6 Å². The first-order valence-corrected chi connectivity index (χ1v) is 5.83. The Morgan fingerprint density at radius 3 is 2.45 bits per heavy atom. The normalized spacial score (nSPS) is 10.0. The molecule has 2 rings (SSSR count). The van der Waals surface area contributed by atoms with E-state index in [-0.39, 0.29) is 18.3 Å². The van der Waals surface area contributed by atoms with Crippen molar-refractivity contribution in [3.05, 3.63) is 47.5 Å². The second kappa shape index (κ2) is 6.32. The molecule has 2 aromatic heterocycles. The number of urea groups is 1. The Labute approximate surface area is 114 Å². The van der Waals surface area contributed by atoms with E-state index in [2.05, 4.69) is 25.8 Å². The number of amides is 2. The summed E-state index contributed by atoms with van der Waals surface area (Å²) in [4.78, 5) is 25.9. The van der Waals surface area contributed by atoms with Gasteiger partial charge in [0.25, 0.3) is 0 Å². The van der Waals surface area contributed by atoms with Crippen LogP contribution in [-0.4, -0.2) is 32.3 Å². The van der Waals surface area contributed by atoms with Crippen molar-refractivity contribution < 1.29 is 14.7 Å². The zero-order valence-electron chi connectivity index (χ0n) is 10.5. The quantitative estimate of drug-likeness (QED) is 0.633. The van der Waals surface area contributed by atoms with Crippen molar-refractivity contribution >= 4 is 12.0 Å². The fourth-order valence-corrected chi connectivity index (χ4v) is 1.46.